The lowest BCUT2D eigenvalue weighted by Crippen LogP contribution is -2.23. The molecule has 7 heteroatoms. The van der Waals surface area contributed by atoms with Gasteiger partial charge in [0.15, 0.2) is 5.82 Å². The average molecular weight is 311 g/mol. The molecule has 0 fully saturated rings. The average Bonchev–Trinajstić information content (AvgIpc) is 2.34. The van der Waals surface area contributed by atoms with Gasteiger partial charge in [-0.1, -0.05) is 23.2 Å². The van der Waals surface area contributed by atoms with Gasteiger partial charge in [-0.3, -0.25) is 4.79 Å². The molecule has 2 atom stereocenters. The van der Waals surface area contributed by atoms with Gasteiger partial charge in [-0.2, -0.15) is 0 Å². The predicted molar refractivity (Wildman–Crippen MR) is 68.6 cm³/mol. The molecule has 0 saturated carbocycles. The first-order valence-corrected chi connectivity index (χ1v) is 6.28. The molecule has 2 N–H and O–H groups in total. The number of rotatable bonds is 5. The highest BCUT2D eigenvalue weighted by Crippen LogP contribution is 2.29. The van der Waals surface area contributed by atoms with Gasteiger partial charge in [0.2, 0.25) is 0 Å². The van der Waals surface area contributed by atoms with Crippen molar-refractivity contribution in [1.29, 1.82) is 0 Å². The number of halogens is 3. The van der Waals surface area contributed by atoms with Crippen molar-refractivity contribution in [2.75, 3.05) is 6.61 Å². The van der Waals surface area contributed by atoms with E-state index in [0.29, 0.717) is 0 Å². The summed E-state index contributed by atoms with van der Waals surface area (Å²) in [6.45, 7) is 1.80. The number of carbonyl (C=O) groups excluding carboxylic acids is 1. The fourth-order valence-electron chi connectivity index (χ4n) is 1.47. The van der Waals surface area contributed by atoms with Crippen molar-refractivity contribution >= 4 is 29.2 Å². The maximum absolute atomic E-state index is 13.2. The molecule has 0 saturated heterocycles. The van der Waals surface area contributed by atoms with Crippen LogP contribution in [-0.2, 0) is 9.53 Å². The minimum Gasteiger partial charge on any atom is -0.466 e. The third kappa shape index (κ3) is 4.31. The lowest BCUT2D eigenvalue weighted by atomic mass is 10.0. The fourth-order valence-corrected chi connectivity index (χ4v) is 1.97. The monoisotopic (exact) mass is 310 g/mol. The molecule has 0 amide bonds. The maximum atomic E-state index is 13.2. The molecule has 4 nitrogen and oxygen atoms in total. The summed E-state index contributed by atoms with van der Waals surface area (Å²) < 4.78 is 17.8. The zero-order chi connectivity index (χ0) is 14.6. The van der Waals surface area contributed by atoms with Crippen molar-refractivity contribution in [1.82, 2.24) is 0 Å². The highest BCUT2D eigenvalue weighted by atomic mass is 35.5. The minimum absolute atomic E-state index is 0.119. The van der Waals surface area contributed by atoms with Gasteiger partial charge in [-0.25, -0.2) is 4.39 Å². The van der Waals surface area contributed by atoms with E-state index in [9.17, 15) is 19.4 Å². The van der Waals surface area contributed by atoms with Crippen LogP contribution in [0.3, 0.4) is 0 Å². The summed E-state index contributed by atoms with van der Waals surface area (Å²) in [5.74, 6) is -1.45. The lowest BCUT2D eigenvalue weighted by molar-refractivity contribution is -0.147. The van der Waals surface area contributed by atoms with Gasteiger partial charge in [0.25, 0.3) is 0 Å². The van der Waals surface area contributed by atoms with Crippen LogP contribution in [0, 0.1) is 5.82 Å². The van der Waals surface area contributed by atoms with Crippen molar-refractivity contribution in [2.24, 2.45) is 0 Å². The van der Waals surface area contributed by atoms with E-state index in [1.165, 1.54) is 0 Å². The second-order valence-electron chi connectivity index (χ2n) is 3.82. The molecule has 0 aromatic heterocycles. The van der Waals surface area contributed by atoms with Gasteiger partial charge in [-0.05, 0) is 24.6 Å². The van der Waals surface area contributed by atoms with E-state index >= 15 is 0 Å². The predicted octanol–water partition coefficient (Wildman–Crippen LogP) is 2.48. The van der Waals surface area contributed by atoms with Gasteiger partial charge in [-0.15, -0.1) is 0 Å². The van der Waals surface area contributed by atoms with Gasteiger partial charge < -0.3 is 14.9 Å². The topological polar surface area (TPSA) is 66.8 Å². The number of hydrogen-bond acceptors (Lipinski definition) is 4. The second-order valence-corrected chi connectivity index (χ2v) is 4.63. The molecule has 1 aromatic carbocycles. The second kappa shape index (κ2) is 7.05. The van der Waals surface area contributed by atoms with Crippen LogP contribution in [0.25, 0.3) is 0 Å². The maximum Gasteiger partial charge on any atom is 0.308 e. The summed E-state index contributed by atoms with van der Waals surface area (Å²) in [5, 5.41) is 19.0. The van der Waals surface area contributed by atoms with Crippen LogP contribution in [0.2, 0.25) is 10.0 Å². The molecule has 0 bridgehead atoms. The standard InChI is InChI=1S/C12H13Cl2FO4/c1-2-19-10(17)5-9(16)12(18)6-3-7(13)11(15)8(14)4-6/h3-4,9,12,16,18H,2,5H2,1H3. The van der Waals surface area contributed by atoms with Crippen molar-refractivity contribution in [3.8, 4) is 0 Å². The van der Waals surface area contributed by atoms with E-state index in [4.69, 9.17) is 23.2 Å². The quantitative estimate of drug-likeness (QED) is 0.647. The van der Waals surface area contributed by atoms with Crippen LogP contribution >= 0.6 is 23.2 Å². The Kier molecular flexibility index (Phi) is 6.00. The van der Waals surface area contributed by atoms with Gasteiger partial charge >= 0.3 is 5.97 Å². The van der Waals surface area contributed by atoms with Gasteiger partial charge in [0.05, 0.1) is 29.2 Å². The molecule has 19 heavy (non-hydrogen) atoms. The highest BCUT2D eigenvalue weighted by molar-refractivity contribution is 6.35. The Bertz CT molecular complexity index is 444. The van der Waals surface area contributed by atoms with Crippen molar-refractivity contribution in [3.63, 3.8) is 0 Å². The largest absolute Gasteiger partial charge is 0.466 e. The van der Waals surface area contributed by atoms with E-state index in [1.807, 2.05) is 0 Å². The molecule has 2 unspecified atom stereocenters. The first-order chi connectivity index (χ1) is 8.86. The summed E-state index contributed by atoms with van der Waals surface area (Å²) in [6.07, 6.45) is -3.20. The first-order valence-electron chi connectivity index (χ1n) is 5.53. The minimum atomic E-state index is -1.42. The summed E-state index contributed by atoms with van der Waals surface area (Å²) in [7, 11) is 0. The Labute approximate surface area is 119 Å². The third-order valence-electron chi connectivity index (χ3n) is 2.39. The zero-order valence-corrected chi connectivity index (χ0v) is 11.6. The Morgan fingerprint density at radius 3 is 2.37 bits per heavy atom. The van der Waals surface area contributed by atoms with E-state index in [-0.39, 0.29) is 28.6 Å². The SMILES string of the molecule is CCOC(=O)CC(O)C(O)c1cc(Cl)c(F)c(Cl)c1. The van der Waals surface area contributed by atoms with Crippen molar-refractivity contribution in [3.05, 3.63) is 33.6 Å². The van der Waals surface area contributed by atoms with Crippen LogP contribution in [0.1, 0.15) is 25.0 Å². The molecular weight excluding hydrogens is 298 g/mol. The summed E-state index contributed by atoms with van der Waals surface area (Å²) in [6, 6.07) is 2.28. The number of aliphatic hydroxyl groups is 2. The molecule has 106 valence electrons. The Balaban J connectivity index is 2.82. The zero-order valence-electron chi connectivity index (χ0n) is 10.1. The van der Waals surface area contributed by atoms with E-state index < -0.39 is 24.0 Å². The fraction of sp³-hybridized carbons (Fsp3) is 0.417. The van der Waals surface area contributed by atoms with E-state index in [2.05, 4.69) is 4.74 Å². The molecule has 0 aliphatic rings. The molecule has 0 heterocycles. The number of carbonyl (C=O) groups is 1. The van der Waals surface area contributed by atoms with Crippen LogP contribution < -0.4 is 0 Å². The molecule has 0 aliphatic heterocycles. The number of esters is 1. The molecule has 1 aromatic rings. The highest BCUT2D eigenvalue weighted by Gasteiger charge is 2.23. The smallest absolute Gasteiger partial charge is 0.308 e. The molecule has 1 rings (SSSR count). The van der Waals surface area contributed by atoms with E-state index in [1.54, 1.807) is 6.92 Å². The number of benzene rings is 1. The van der Waals surface area contributed by atoms with Crippen molar-refractivity contribution in [2.45, 2.75) is 25.6 Å². The molecular formula is C12H13Cl2FO4. The Hall–Kier alpha value is -0.880. The van der Waals surface area contributed by atoms with Crippen molar-refractivity contribution < 1.29 is 24.1 Å². The normalized spacial score (nSPS) is 14.0. The Morgan fingerprint density at radius 2 is 1.89 bits per heavy atom. The van der Waals surface area contributed by atoms with Gasteiger partial charge in [0.1, 0.15) is 6.10 Å². The molecule has 0 radical (unpaired) electrons. The summed E-state index contributed by atoms with van der Waals surface area (Å²) >= 11 is 11.2. The van der Waals surface area contributed by atoms with Crippen LogP contribution in [0.15, 0.2) is 12.1 Å². The van der Waals surface area contributed by atoms with Crippen LogP contribution in [-0.4, -0.2) is 28.9 Å². The number of hydrogen-bond donors (Lipinski definition) is 2. The number of ether oxygens (including phenoxy) is 1. The molecule has 0 aliphatic carbocycles. The van der Waals surface area contributed by atoms with E-state index in [0.717, 1.165) is 12.1 Å². The molecule has 0 spiro atoms. The third-order valence-corrected chi connectivity index (χ3v) is 2.94. The van der Waals surface area contributed by atoms with Crippen LogP contribution in [0.5, 0.6) is 0 Å². The van der Waals surface area contributed by atoms with Crippen LogP contribution in [0.4, 0.5) is 4.39 Å². The summed E-state index contributed by atoms with van der Waals surface area (Å²) in [5.41, 5.74) is 0.119. The van der Waals surface area contributed by atoms with Gasteiger partial charge in [0, 0.05) is 0 Å². The number of aliphatic hydroxyl groups excluding tert-OH is 2. The first kappa shape index (κ1) is 16.2. The lowest BCUT2D eigenvalue weighted by Gasteiger charge is -2.18. The Morgan fingerprint density at radius 1 is 1.37 bits per heavy atom. The summed E-state index contributed by atoms with van der Waals surface area (Å²) in [4.78, 5) is 11.2.